The first-order valence-corrected chi connectivity index (χ1v) is 6.99. The molecule has 0 saturated heterocycles. The van der Waals surface area contributed by atoms with Crippen molar-refractivity contribution < 1.29 is 24.5 Å². The fourth-order valence-electron chi connectivity index (χ4n) is 2.29. The second kappa shape index (κ2) is 5.84. The Kier molecular flexibility index (Phi) is 4.20. The van der Waals surface area contributed by atoms with Crippen LogP contribution >= 0.6 is 0 Å². The van der Waals surface area contributed by atoms with Crippen LogP contribution in [0.25, 0.3) is 10.9 Å². The summed E-state index contributed by atoms with van der Waals surface area (Å²) >= 11 is 0. The normalized spacial score (nSPS) is 11.3. The quantitative estimate of drug-likeness (QED) is 0.383. The second-order valence-corrected chi connectivity index (χ2v) is 6.19. The molecule has 0 fully saturated rings. The zero-order chi connectivity index (χ0) is 18.2. The average Bonchev–Trinajstić information content (AvgIpc) is 2.77. The molecule has 9 nitrogen and oxygen atoms in total. The van der Waals surface area contributed by atoms with Gasteiger partial charge in [0.25, 0.3) is 11.6 Å². The number of esters is 1. The Bertz CT molecular complexity index is 847. The Morgan fingerprint density at radius 1 is 1.33 bits per heavy atom. The Hall–Kier alpha value is -3.10. The maximum absolute atomic E-state index is 12.6. The Labute approximate surface area is 136 Å². The number of non-ortho nitro benzene ring substituents is 1. The lowest BCUT2D eigenvalue weighted by molar-refractivity contribution is -0.384. The molecule has 1 aromatic carbocycles. The summed E-state index contributed by atoms with van der Waals surface area (Å²) in [4.78, 5) is 34.9. The van der Waals surface area contributed by atoms with Crippen molar-refractivity contribution in [3.63, 3.8) is 0 Å². The number of amides is 1. The zero-order valence-corrected chi connectivity index (χ0v) is 13.6. The molecule has 0 saturated carbocycles. The molecule has 0 atom stereocenters. The smallest absolute Gasteiger partial charge is 0.359 e. The average molecular weight is 335 g/mol. The van der Waals surface area contributed by atoms with E-state index in [4.69, 9.17) is 0 Å². The van der Waals surface area contributed by atoms with Gasteiger partial charge in [-0.25, -0.2) is 4.79 Å². The van der Waals surface area contributed by atoms with E-state index >= 15 is 0 Å². The van der Waals surface area contributed by atoms with Crippen molar-refractivity contribution in [2.24, 2.45) is 0 Å². The van der Waals surface area contributed by atoms with Crippen LogP contribution in [-0.2, 0) is 4.74 Å². The van der Waals surface area contributed by atoms with Crippen molar-refractivity contribution in [2.75, 3.05) is 7.11 Å². The third-order valence-electron chi connectivity index (χ3n) is 3.23. The van der Waals surface area contributed by atoms with E-state index in [-0.39, 0.29) is 22.2 Å². The Balaban J connectivity index is 2.80. The number of nitro benzene ring substituents is 1. The molecular formula is C15H17N3O6. The molecule has 0 aliphatic carbocycles. The number of methoxy groups -OCH3 is 1. The molecular weight excluding hydrogens is 318 g/mol. The van der Waals surface area contributed by atoms with Crippen LogP contribution in [0, 0.1) is 10.1 Å². The summed E-state index contributed by atoms with van der Waals surface area (Å²) in [6, 6.07) is 3.56. The van der Waals surface area contributed by atoms with Gasteiger partial charge in [0, 0.05) is 23.1 Å². The van der Waals surface area contributed by atoms with Gasteiger partial charge in [0.2, 0.25) is 0 Å². The van der Waals surface area contributed by atoms with Crippen LogP contribution in [0.1, 0.15) is 41.6 Å². The topological polar surface area (TPSA) is 124 Å². The van der Waals surface area contributed by atoms with E-state index in [1.54, 1.807) is 20.8 Å². The van der Waals surface area contributed by atoms with Gasteiger partial charge in [-0.3, -0.25) is 14.9 Å². The summed E-state index contributed by atoms with van der Waals surface area (Å²) in [5.41, 5.74) is -1.38. The fourth-order valence-corrected chi connectivity index (χ4v) is 2.29. The van der Waals surface area contributed by atoms with Crippen LogP contribution in [0.2, 0.25) is 0 Å². The van der Waals surface area contributed by atoms with Crippen LogP contribution in [-0.4, -0.2) is 39.4 Å². The number of rotatable bonds is 3. The molecule has 9 heteroatoms. The first-order valence-electron chi connectivity index (χ1n) is 6.99. The molecule has 0 aliphatic rings. The highest BCUT2D eigenvalue weighted by molar-refractivity contribution is 6.15. The number of ether oxygens (including phenoxy) is 1. The fraction of sp³-hybridized carbons (Fsp3) is 0.333. The summed E-state index contributed by atoms with van der Waals surface area (Å²) in [6.07, 6.45) is 0. The van der Waals surface area contributed by atoms with Gasteiger partial charge in [0.1, 0.15) is 0 Å². The van der Waals surface area contributed by atoms with Gasteiger partial charge in [-0.15, -0.1) is 0 Å². The number of hydrogen-bond donors (Lipinski definition) is 2. The largest absolute Gasteiger partial charge is 0.464 e. The van der Waals surface area contributed by atoms with Crippen molar-refractivity contribution in [1.82, 2.24) is 10.0 Å². The zero-order valence-electron chi connectivity index (χ0n) is 13.6. The summed E-state index contributed by atoms with van der Waals surface area (Å²) < 4.78 is 5.11. The summed E-state index contributed by atoms with van der Waals surface area (Å²) in [5, 5.41) is 23.9. The first kappa shape index (κ1) is 17.3. The van der Waals surface area contributed by atoms with E-state index in [1.165, 1.54) is 12.1 Å². The molecule has 128 valence electrons. The molecule has 1 heterocycles. The molecule has 0 radical (unpaired) electrons. The lowest BCUT2D eigenvalue weighted by Gasteiger charge is -2.20. The third kappa shape index (κ3) is 3.00. The van der Waals surface area contributed by atoms with Crippen molar-refractivity contribution in [2.45, 2.75) is 26.3 Å². The highest BCUT2D eigenvalue weighted by Crippen LogP contribution is 2.29. The van der Waals surface area contributed by atoms with E-state index < -0.39 is 28.0 Å². The first-order chi connectivity index (χ1) is 11.1. The number of nitro groups is 1. The van der Waals surface area contributed by atoms with Crippen LogP contribution in [0.4, 0.5) is 5.69 Å². The minimum absolute atomic E-state index is 0.0776. The molecule has 0 bridgehead atoms. The van der Waals surface area contributed by atoms with E-state index in [0.717, 1.165) is 13.2 Å². The van der Waals surface area contributed by atoms with Gasteiger partial charge in [0.15, 0.2) is 5.69 Å². The third-order valence-corrected chi connectivity index (χ3v) is 3.23. The number of nitrogens with zero attached hydrogens (tertiary/aromatic N) is 2. The summed E-state index contributed by atoms with van der Waals surface area (Å²) in [5.74, 6) is -1.59. The minimum atomic E-state index is -0.935. The highest BCUT2D eigenvalue weighted by atomic mass is 16.6. The number of hydrogen-bond acceptors (Lipinski definition) is 6. The molecule has 2 aromatic rings. The molecule has 1 amide bonds. The van der Waals surface area contributed by atoms with Crippen molar-refractivity contribution in [3.8, 4) is 0 Å². The standard InChI is InChI=1S/C15H17N3O6/c1-15(2,3)16-13(19)11-9-7-8(18(22)23)5-6-10(9)17(21)12(11)14(20)24-4/h5-7,21H,1-4H3,(H,16,19). The van der Waals surface area contributed by atoms with Crippen molar-refractivity contribution in [1.29, 1.82) is 0 Å². The molecule has 0 aliphatic heterocycles. The highest BCUT2D eigenvalue weighted by Gasteiger charge is 2.30. The van der Waals surface area contributed by atoms with Crippen LogP contribution < -0.4 is 5.32 Å². The van der Waals surface area contributed by atoms with E-state index in [0.29, 0.717) is 4.73 Å². The number of benzene rings is 1. The van der Waals surface area contributed by atoms with Crippen LogP contribution in [0.15, 0.2) is 18.2 Å². The predicted octanol–water partition coefficient (Wildman–Crippen LogP) is 2.10. The Morgan fingerprint density at radius 2 is 1.96 bits per heavy atom. The van der Waals surface area contributed by atoms with E-state index in [2.05, 4.69) is 10.1 Å². The van der Waals surface area contributed by atoms with Crippen molar-refractivity contribution in [3.05, 3.63) is 39.6 Å². The van der Waals surface area contributed by atoms with Crippen LogP contribution in [0.5, 0.6) is 0 Å². The molecule has 24 heavy (non-hydrogen) atoms. The van der Waals surface area contributed by atoms with E-state index in [9.17, 15) is 24.9 Å². The second-order valence-electron chi connectivity index (χ2n) is 6.19. The summed E-state index contributed by atoms with van der Waals surface area (Å²) in [6.45, 7) is 5.22. The monoisotopic (exact) mass is 335 g/mol. The number of carbonyl (C=O) groups excluding carboxylic acids is 2. The van der Waals surface area contributed by atoms with Gasteiger partial charge < -0.3 is 15.3 Å². The van der Waals surface area contributed by atoms with Gasteiger partial charge in [0.05, 0.1) is 23.1 Å². The van der Waals surface area contributed by atoms with Crippen molar-refractivity contribution >= 4 is 28.5 Å². The predicted molar refractivity (Wildman–Crippen MR) is 84.3 cm³/mol. The number of fused-ring (bicyclic) bond motifs is 1. The lowest BCUT2D eigenvalue weighted by Crippen LogP contribution is -2.41. The summed E-state index contributed by atoms with van der Waals surface area (Å²) in [7, 11) is 1.11. The molecule has 2 N–H and O–H groups in total. The van der Waals surface area contributed by atoms with Gasteiger partial charge in [-0.05, 0) is 26.8 Å². The maximum Gasteiger partial charge on any atom is 0.359 e. The maximum atomic E-state index is 12.6. The molecule has 2 rings (SSSR count). The molecule has 0 spiro atoms. The molecule has 0 unspecified atom stereocenters. The van der Waals surface area contributed by atoms with Gasteiger partial charge in [-0.2, -0.15) is 4.73 Å². The number of carbonyl (C=O) groups is 2. The minimum Gasteiger partial charge on any atom is -0.464 e. The van der Waals surface area contributed by atoms with Gasteiger partial charge in [-0.1, -0.05) is 0 Å². The van der Waals surface area contributed by atoms with Gasteiger partial charge >= 0.3 is 5.97 Å². The lowest BCUT2D eigenvalue weighted by atomic mass is 10.1. The SMILES string of the molecule is COC(=O)c1c(C(=O)NC(C)(C)C)c2cc([N+](=O)[O-])ccc2n1O. The number of nitrogens with one attached hydrogen (secondary N) is 1. The Morgan fingerprint density at radius 3 is 2.46 bits per heavy atom. The molecule has 1 aromatic heterocycles. The number of aromatic nitrogens is 1. The van der Waals surface area contributed by atoms with Crippen LogP contribution in [0.3, 0.4) is 0 Å². The van der Waals surface area contributed by atoms with E-state index in [1.807, 2.05) is 0 Å².